The topological polar surface area (TPSA) is 65.0 Å². The zero-order chi connectivity index (χ0) is 23.2. The predicted molar refractivity (Wildman–Crippen MR) is 127 cm³/mol. The van der Waals surface area contributed by atoms with Gasteiger partial charge in [0.05, 0.1) is 19.3 Å². The lowest BCUT2D eigenvalue weighted by atomic mass is 10.1. The van der Waals surface area contributed by atoms with Crippen LogP contribution in [0.4, 0.5) is 0 Å². The Bertz CT molecular complexity index is 826. The highest BCUT2D eigenvalue weighted by Gasteiger charge is 2.45. The molecular weight excluding hydrogens is 408 g/mol. The van der Waals surface area contributed by atoms with Crippen LogP contribution in [0.25, 0.3) is 0 Å². The number of aromatic carboxylic acids is 1. The van der Waals surface area contributed by atoms with Gasteiger partial charge in [-0.15, -0.1) is 0 Å². The largest absolute Gasteiger partial charge is 0.493 e. The minimum Gasteiger partial charge on any atom is -0.493 e. The van der Waals surface area contributed by atoms with Crippen LogP contribution in [-0.4, -0.2) is 33.1 Å². The number of hydrogen-bond donors (Lipinski definition) is 1. The van der Waals surface area contributed by atoms with Crippen molar-refractivity contribution in [1.82, 2.24) is 0 Å². The minimum atomic E-state index is -2.08. The molecule has 0 heterocycles. The summed E-state index contributed by atoms with van der Waals surface area (Å²) in [4.78, 5) is 11.3. The zero-order valence-corrected chi connectivity index (χ0v) is 20.7. The molecule has 170 valence electrons. The summed E-state index contributed by atoms with van der Waals surface area (Å²) in [7, 11) is -0.565. The number of ether oxygens (including phenoxy) is 2. The first-order valence-corrected chi connectivity index (χ1v) is 13.0. The van der Waals surface area contributed by atoms with Gasteiger partial charge in [-0.25, -0.2) is 4.79 Å². The average Bonchev–Trinajstić information content (AvgIpc) is 2.73. The van der Waals surface area contributed by atoms with Crippen LogP contribution >= 0.6 is 0 Å². The van der Waals surface area contributed by atoms with E-state index >= 15 is 0 Å². The van der Waals surface area contributed by atoms with Gasteiger partial charge in [0.25, 0.3) is 0 Å². The first-order chi connectivity index (χ1) is 14.6. The van der Waals surface area contributed by atoms with Gasteiger partial charge >= 0.3 is 5.97 Å². The molecule has 6 heteroatoms. The second-order valence-electron chi connectivity index (χ2n) is 8.82. The van der Waals surface area contributed by atoms with E-state index in [9.17, 15) is 9.90 Å². The highest BCUT2D eigenvalue weighted by Crippen LogP contribution is 2.43. The molecule has 2 aromatic carbocycles. The molecule has 0 bridgehead atoms. The summed E-state index contributed by atoms with van der Waals surface area (Å²) in [6.07, 6.45) is -0.339. The summed E-state index contributed by atoms with van der Waals surface area (Å²) in [5.74, 6) is -0.119. The molecule has 5 nitrogen and oxygen atoms in total. The van der Waals surface area contributed by atoms with E-state index in [1.807, 2.05) is 30.3 Å². The molecule has 0 aromatic heterocycles. The molecule has 0 fully saturated rings. The summed E-state index contributed by atoms with van der Waals surface area (Å²) < 4.78 is 18.6. The van der Waals surface area contributed by atoms with E-state index < -0.39 is 14.3 Å². The van der Waals surface area contributed by atoms with Gasteiger partial charge in [0.1, 0.15) is 6.10 Å². The van der Waals surface area contributed by atoms with Crippen molar-refractivity contribution in [3.8, 4) is 11.5 Å². The van der Waals surface area contributed by atoms with E-state index in [0.29, 0.717) is 34.7 Å². The molecule has 0 aliphatic rings. The lowest BCUT2D eigenvalue weighted by molar-refractivity contribution is 0.0696. The van der Waals surface area contributed by atoms with E-state index in [1.54, 1.807) is 6.07 Å². The van der Waals surface area contributed by atoms with E-state index in [-0.39, 0.29) is 11.7 Å². The first kappa shape index (κ1) is 25.0. The van der Waals surface area contributed by atoms with E-state index in [2.05, 4.69) is 41.5 Å². The number of rotatable bonds is 11. The monoisotopic (exact) mass is 444 g/mol. The van der Waals surface area contributed by atoms with Gasteiger partial charge in [-0.2, -0.15) is 0 Å². The normalized spacial score (nSPS) is 13.0. The van der Waals surface area contributed by atoms with Crippen LogP contribution in [0, 0.1) is 0 Å². The third kappa shape index (κ3) is 5.69. The van der Waals surface area contributed by atoms with Crippen LogP contribution in [0.3, 0.4) is 0 Å². The van der Waals surface area contributed by atoms with Gasteiger partial charge in [-0.05, 0) is 40.4 Å². The van der Waals surface area contributed by atoms with Crippen molar-refractivity contribution in [2.75, 3.05) is 13.7 Å². The molecule has 2 aromatic rings. The van der Waals surface area contributed by atoms with E-state index in [4.69, 9.17) is 13.9 Å². The molecule has 1 N–H and O–H groups in total. The molecule has 2 rings (SSSR count). The highest BCUT2D eigenvalue weighted by atomic mass is 28.4. The molecule has 1 atom stereocenters. The summed E-state index contributed by atoms with van der Waals surface area (Å²) in [6, 6.07) is 14.6. The molecule has 0 amide bonds. The quantitative estimate of drug-likeness (QED) is 0.390. The van der Waals surface area contributed by atoms with Gasteiger partial charge in [-0.1, -0.05) is 71.9 Å². The Morgan fingerprint density at radius 3 is 1.97 bits per heavy atom. The van der Waals surface area contributed by atoms with Crippen molar-refractivity contribution in [2.45, 2.75) is 64.3 Å². The maximum atomic E-state index is 11.3. The Morgan fingerprint density at radius 1 is 0.903 bits per heavy atom. The summed E-state index contributed by atoms with van der Waals surface area (Å²) in [5, 5.41) is 9.27. The Balaban J connectivity index is 2.38. The smallest absolute Gasteiger partial charge is 0.335 e. The van der Waals surface area contributed by atoms with E-state index in [0.717, 1.165) is 5.56 Å². The first-order valence-electron chi connectivity index (χ1n) is 10.9. The van der Waals surface area contributed by atoms with Crippen LogP contribution in [0.5, 0.6) is 11.5 Å². The summed E-state index contributed by atoms with van der Waals surface area (Å²) in [5.41, 5.74) is 2.56. The minimum absolute atomic E-state index is 0.155. The molecule has 0 aliphatic heterocycles. The molecule has 0 spiro atoms. The Hall–Kier alpha value is -2.31. The number of benzene rings is 2. The second kappa shape index (κ2) is 10.8. The van der Waals surface area contributed by atoms with E-state index in [1.165, 1.54) is 19.2 Å². The Morgan fingerprint density at radius 2 is 1.48 bits per heavy atom. The molecule has 0 saturated heterocycles. The molecule has 0 aliphatic carbocycles. The standard InChI is InChI=1S/C25H36O5Si/c1-17(2)31(18(3)4,19(5)6)29-16-24(20-11-9-8-10-12-20)30-22-14-13-21(25(26)27)15-23(22)28-7/h8-15,17-19,24H,16H2,1-7H3,(H,26,27). The maximum Gasteiger partial charge on any atom is 0.335 e. The van der Waals surface area contributed by atoms with Gasteiger partial charge in [0.2, 0.25) is 8.32 Å². The van der Waals surface area contributed by atoms with Crippen LogP contribution in [-0.2, 0) is 4.43 Å². The van der Waals surface area contributed by atoms with Crippen LogP contribution in [0.15, 0.2) is 48.5 Å². The lowest BCUT2D eigenvalue weighted by Gasteiger charge is -2.43. The summed E-state index contributed by atoms with van der Waals surface area (Å²) >= 11 is 0. The van der Waals surface area contributed by atoms with Crippen LogP contribution < -0.4 is 9.47 Å². The van der Waals surface area contributed by atoms with Gasteiger partial charge < -0.3 is 19.0 Å². The SMILES string of the molecule is COc1cc(C(=O)O)ccc1OC(CO[Si](C(C)C)(C(C)C)C(C)C)c1ccccc1. The molecule has 0 saturated carbocycles. The zero-order valence-electron chi connectivity index (χ0n) is 19.7. The third-order valence-electron chi connectivity index (χ3n) is 6.04. The van der Waals surface area contributed by atoms with Crippen molar-refractivity contribution in [3.63, 3.8) is 0 Å². The van der Waals surface area contributed by atoms with Crippen molar-refractivity contribution in [3.05, 3.63) is 59.7 Å². The molecule has 0 radical (unpaired) electrons. The highest BCUT2D eigenvalue weighted by molar-refractivity contribution is 6.77. The molecule has 1 unspecified atom stereocenters. The molecular formula is C25H36O5Si. The maximum absolute atomic E-state index is 11.3. The number of hydrogen-bond acceptors (Lipinski definition) is 4. The molecule has 31 heavy (non-hydrogen) atoms. The van der Waals surface area contributed by atoms with Crippen LogP contribution in [0.1, 0.15) is 63.6 Å². The van der Waals surface area contributed by atoms with Crippen molar-refractivity contribution >= 4 is 14.3 Å². The second-order valence-corrected chi connectivity index (χ2v) is 14.3. The van der Waals surface area contributed by atoms with Crippen molar-refractivity contribution in [2.24, 2.45) is 0 Å². The Labute approximate surface area is 187 Å². The predicted octanol–water partition coefficient (Wildman–Crippen LogP) is 6.71. The van der Waals surface area contributed by atoms with Crippen LogP contribution in [0.2, 0.25) is 16.6 Å². The average molecular weight is 445 g/mol. The number of carboxylic acid groups (broad SMARTS) is 1. The van der Waals surface area contributed by atoms with Gasteiger partial charge in [0, 0.05) is 0 Å². The number of carbonyl (C=O) groups is 1. The van der Waals surface area contributed by atoms with Crippen molar-refractivity contribution < 1.29 is 23.8 Å². The lowest BCUT2D eigenvalue weighted by Crippen LogP contribution is -2.48. The third-order valence-corrected chi connectivity index (χ3v) is 12.1. The fourth-order valence-electron chi connectivity index (χ4n) is 4.64. The number of carboxylic acids is 1. The van der Waals surface area contributed by atoms with Gasteiger partial charge in [-0.3, -0.25) is 0 Å². The Kier molecular flexibility index (Phi) is 8.71. The fraction of sp³-hybridized carbons (Fsp3) is 0.480. The number of methoxy groups -OCH3 is 1. The summed E-state index contributed by atoms with van der Waals surface area (Å²) in [6.45, 7) is 14.0. The fourth-order valence-corrected chi connectivity index (χ4v) is 10.1. The van der Waals surface area contributed by atoms with Crippen molar-refractivity contribution in [1.29, 1.82) is 0 Å². The van der Waals surface area contributed by atoms with Gasteiger partial charge in [0.15, 0.2) is 11.5 Å².